The summed E-state index contributed by atoms with van der Waals surface area (Å²) in [5, 5.41) is 3.92. The topological polar surface area (TPSA) is 99.4 Å². The van der Waals surface area contributed by atoms with Gasteiger partial charge in [0.05, 0.1) is 38.7 Å². The third kappa shape index (κ3) is 4.49. The molecule has 2 aromatic carbocycles. The van der Waals surface area contributed by atoms with Crippen LogP contribution < -0.4 is 14.9 Å². The predicted octanol–water partition coefficient (Wildman–Crippen LogP) is 3.51. The van der Waals surface area contributed by atoms with Crippen molar-refractivity contribution in [2.75, 3.05) is 21.3 Å². The van der Waals surface area contributed by atoms with Crippen molar-refractivity contribution in [1.82, 2.24) is 5.43 Å². The Balaban J connectivity index is 1.73. The van der Waals surface area contributed by atoms with E-state index in [1.54, 1.807) is 54.6 Å². The van der Waals surface area contributed by atoms with Crippen LogP contribution in [0.2, 0.25) is 0 Å². The molecule has 1 heterocycles. The van der Waals surface area contributed by atoms with Gasteiger partial charge in [-0.2, -0.15) is 5.10 Å². The molecular weight excluding hydrogens is 388 g/mol. The molecule has 1 amide bonds. The molecule has 1 N–H and O–H groups in total. The van der Waals surface area contributed by atoms with Crippen molar-refractivity contribution in [2.24, 2.45) is 5.10 Å². The number of ether oxygens (including phenoxy) is 3. The number of esters is 1. The van der Waals surface area contributed by atoms with Gasteiger partial charge in [0.15, 0.2) is 0 Å². The van der Waals surface area contributed by atoms with Crippen LogP contribution in [-0.4, -0.2) is 39.4 Å². The van der Waals surface area contributed by atoms with Crippen molar-refractivity contribution < 1.29 is 28.2 Å². The van der Waals surface area contributed by atoms with E-state index in [0.29, 0.717) is 39.7 Å². The van der Waals surface area contributed by atoms with Crippen LogP contribution in [0.4, 0.5) is 0 Å². The number of benzene rings is 2. The van der Waals surface area contributed by atoms with Gasteiger partial charge in [0.25, 0.3) is 5.91 Å². The predicted molar refractivity (Wildman–Crippen MR) is 110 cm³/mol. The first-order chi connectivity index (χ1) is 14.6. The third-order valence-corrected chi connectivity index (χ3v) is 4.24. The number of amides is 1. The Morgan fingerprint density at radius 2 is 1.77 bits per heavy atom. The van der Waals surface area contributed by atoms with Crippen molar-refractivity contribution in [3.63, 3.8) is 0 Å². The molecule has 8 heteroatoms. The van der Waals surface area contributed by atoms with Crippen LogP contribution in [-0.2, 0) is 4.74 Å². The van der Waals surface area contributed by atoms with Gasteiger partial charge in [0.2, 0.25) is 0 Å². The Kier molecular flexibility index (Phi) is 6.49. The normalized spacial score (nSPS) is 10.6. The molecule has 0 aliphatic heterocycles. The minimum Gasteiger partial charge on any atom is -0.497 e. The molecule has 3 aromatic rings. The van der Waals surface area contributed by atoms with Gasteiger partial charge >= 0.3 is 5.97 Å². The lowest BCUT2D eigenvalue weighted by Gasteiger charge is -2.08. The summed E-state index contributed by atoms with van der Waals surface area (Å²) in [6.45, 7) is 0. The molecule has 1 aromatic heterocycles. The van der Waals surface area contributed by atoms with E-state index in [1.807, 2.05) is 0 Å². The Labute approximate surface area is 173 Å². The lowest BCUT2D eigenvalue weighted by molar-refractivity contribution is 0.0601. The van der Waals surface area contributed by atoms with Gasteiger partial charge in [-0.25, -0.2) is 10.2 Å². The fourth-order valence-electron chi connectivity index (χ4n) is 2.75. The summed E-state index contributed by atoms with van der Waals surface area (Å²) >= 11 is 0. The van der Waals surface area contributed by atoms with Gasteiger partial charge in [-0.05, 0) is 30.3 Å². The average molecular weight is 408 g/mol. The summed E-state index contributed by atoms with van der Waals surface area (Å²) < 4.78 is 20.9. The van der Waals surface area contributed by atoms with E-state index < -0.39 is 11.9 Å². The number of methoxy groups -OCH3 is 3. The lowest BCUT2D eigenvalue weighted by atomic mass is 10.1. The molecule has 154 valence electrons. The molecule has 0 fully saturated rings. The van der Waals surface area contributed by atoms with Gasteiger partial charge in [0, 0.05) is 11.6 Å². The zero-order valence-electron chi connectivity index (χ0n) is 16.7. The molecular formula is C22H20N2O6. The van der Waals surface area contributed by atoms with E-state index in [1.165, 1.54) is 27.5 Å². The second-order valence-corrected chi connectivity index (χ2v) is 6.00. The van der Waals surface area contributed by atoms with Crippen LogP contribution in [0.5, 0.6) is 11.5 Å². The third-order valence-electron chi connectivity index (χ3n) is 4.24. The molecule has 0 saturated carbocycles. The fourth-order valence-corrected chi connectivity index (χ4v) is 2.75. The van der Waals surface area contributed by atoms with E-state index in [9.17, 15) is 9.59 Å². The van der Waals surface area contributed by atoms with Crippen LogP contribution in [0.25, 0.3) is 11.3 Å². The van der Waals surface area contributed by atoms with E-state index in [4.69, 9.17) is 18.6 Å². The zero-order valence-corrected chi connectivity index (χ0v) is 16.7. The largest absolute Gasteiger partial charge is 0.497 e. The number of carbonyl (C=O) groups is 2. The molecule has 8 nitrogen and oxygen atoms in total. The minimum atomic E-state index is -0.460. The summed E-state index contributed by atoms with van der Waals surface area (Å²) in [5.74, 6) is 0.891. The highest BCUT2D eigenvalue weighted by Gasteiger charge is 2.15. The van der Waals surface area contributed by atoms with Crippen LogP contribution >= 0.6 is 0 Å². The molecule has 0 atom stereocenters. The first kappa shape index (κ1) is 20.7. The molecule has 0 unspecified atom stereocenters. The Morgan fingerprint density at radius 3 is 2.50 bits per heavy atom. The van der Waals surface area contributed by atoms with E-state index in [2.05, 4.69) is 10.5 Å². The maximum absolute atomic E-state index is 12.4. The number of hydrazone groups is 1. The molecule has 0 aliphatic carbocycles. The summed E-state index contributed by atoms with van der Waals surface area (Å²) in [5.41, 5.74) is 3.71. The monoisotopic (exact) mass is 408 g/mol. The summed E-state index contributed by atoms with van der Waals surface area (Å²) in [6.07, 6.45) is 1.36. The number of carbonyl (C=O) groups excluding carboxylic acids is 2. The minimum absolute atomic E-state index is 0.308. The van der Waals surface area contributed by atoms with Gasteiger partial charge in [-0.15, -0.1) is 0 Å². The second kappa shape index (κ2) is 9.42. The van der Waals surface area contributed by atoms with E-state index in [0.717, 1.165) is 0 Å². The van der Waals surface area contributed by atoms with E-state index in [-0.39, 0.29) is 0 Å². The van der Waals surface area contributed by atoms with Crippen LogP contribution in [0.1, 0.15) is 26.5 Å². The van der Waals surface area contributed by atoms with Crippen molar-refractivity contribution >= 4 is 18.1 Å². The number of hydrogen-bond acceptors (Lipinski definition) is 7. The average Bonchev–Trinajstić information content (AvgIpc) is 3.26. The molecule has 0 saturated heterocycles. The number of hydrogen-bond donors (Lipinski definition) is 1. The Bertz CT molecular complexity index is 1090. The molecule has 0 spiro atoms. The number of nitrogens with zero attached hydrogens (tertiary/aromatic N) is 1. The van der Waals surface area contributed by atoms with E-state index >= 15 is 0 Å². The molecule has 0 bridgehead atoms. The van der Waals surface area contributed by atoms with Gasteiger partial charge in [-0.1, -0.05) is 18.2 Å². The first-order valence-electron chi connectivity index (χ1n) is 8.90. The second-order valence-electron chi connectivity index (χ2n) is 6.00. The summed E-state index contributed by atoms with van der Waals surface area (Å²) in [7, 11) is 4.31. The van der Waals surface area contributed by atoms with Crippen molar-refractivity contribution in [2.45, 2.75) is 0 Å². The molecule has 30 heavy (non-hydrogen) atoms. The van der Waals surface area contributed by atoms with Crippen LogP contribution in [0.15, 0.2) is 64.1 Å². The highest BCUT2D eigenvalue weighted by molar-refractivity contribution is 5.98. The van der Waals surface area contributed by atoms with Crippen molar-refractivity contribution in [1.29, 1.82) is 0 Å². The molecule has 0 radical (unpaired) electrons. The standard InChI is InChI=1S/C22H20N2O6/c1-27-14-8-10-18(20(12-14)28-2)21(25)24-23-13-15-9-11-19(30-15)16-6-4-5-7-17(16)22(26)29-3/h4-13H,1-3H3,(H,24,25)/b23-13-. The smallest absolute Gasteiger partial charge is 0.338 e. The van der Waals surface area contributed by atoms with Crippen LogP contribution in [0.3, 0.4) is 0 Å². The molecule has 0 aliphatic rings. The van der Waals surface area contributed by atoms with Crippen molar-refractivity contribution in [3.8, 4) is 22.8 Å². The quantitative estimate of drug-likeness (QED) is 0.365. The number of nitrogens with one attached hydrogen (secondary N) is 1. The number of rotatable bonds is 7. The maximum atomic E-state index is 12.4. The van der Waals surface area contributed by atoms with Gasteiger partial charge in [0.1, 0.15) is 23.0 Å². The highest BCUT2D eigenvalue weighted by Crippen LogP contribution is 2.26. The fraction of sp³-hybridized carbons (Fsp3) is 0.136. The van der Waals surface area contributed by atoms with Gasteiger partial charge < -0.3 is 18.6 Å². The Hall–Kier alpha value is -4.07. The highest BCUT2D eigenvalue weighted by atomic mass is 16.5. The molecule has 3 rings (SSSR count). The number of furan rings is 1. The van der Waals surface area contributed by atoms with Crippen molar-refractivity contribution in [3.05, 3.63) is 71.5 Å². The summed E-state index contributed by atoms with van der Waals surface area (Å²) in [6, 6.07) is 15.2. The maximum Gasteiger partial charge on any atom is 0.338 e. The first-order valence-corrected chi connectivity index (χ1v) is 8.90. The van der Waals surface area contributed by atoms with Crippen LogP contribution in [0, 0.1) is 0 Å². The zero-order chi connectivity index (χ0) is 21.5. The van der Waals surface area contributed by atoms with Gasteiger partial charge in [-0.3, -0.25) is 4.79 Å². The SMILES string of the molecule is COC(=O)c1ccccc1-c1ccc(/C=N\NC(=O)c2ccc(OC)cc2OC)o1. The Morgan fingerprint density at radius 1 is 0.967 bits per heavy atom. The summed E-state index contributed by atoms with van der Waals surface area (Å²) in [4.78, 5) is 24.3. The lowest BCUT2D eigenvalue weighted by Crippen LogP contribution is -2.18.